The average Bonchev–Trinajstić information content (AvgIpc) is 2.70. The second-order valence-electron chi connectivity index (χ2n) is 6.97. The fourth-order valence-electron chi connectivity index (χ4n) is 3.36. The largest absolute Gasteiger partial charge is 0.322 e. The van der Waals surface area contributed by atoms with Crippen molar-refractivity contribution in [2.45, 2.75) is 43.5 Å². The number of hydrogen-bond donors (Lipinski definition) is 1. The molecule has 3 rings (SSSR count). The van der Waals surface area contributed by atoms with Gasteiger partial charge in [0.15, 0.2) is 0 Å². The Morgan fingerprint density at radius 1 is 1.21 bits per heavy atom. The van der Waals surface area contributed by atoms with E-state index in [1.807, 2.05) is 6.92 Å². The molecule has 28 heavy (non-hydrogen) atoms. The molecule has 1 atom stereocenters. The van der Waals surface area contributed by atoms with E-state index in [0.29, 0.717) is 18.7 Å². The summed E-state index contributed by atoms with van der Waals surface area (Å²) in [4.78, 5) is 12.7. The smallest absolute Gasteiger partial charge is 0.255 e. The SMILES string of the molecule is CC1CCCCN1S(=O)(=O)c1cccc(C(=O)Nc2ccc(CC#N)cc2)c1. The van der Waals surface area contributed by atoms with Gasteiger partial charge in [-0.1, -0.05) is 24.6 Å². The number of nitrogens with one attached hydrogen (secondary N) is 1. The van der Waals surface area contributed by atoms with E-state index in [2.05, 4.69) is 11.4 Å². The molecular weight excluding hydrogens is 374 g/mol. The molecule has 1 fully saturated rings. The maximum Gasteiger partial charge on any atom is 0.255 e. The summed E-state index contributed by atoms with van der Waals surface area (Å²) in [5.41, 5.74) is 1.74. The minimum absolute atomic E-state index is 0.0387. The normalized spacial score (nSPS) is 17.6. The van der Waals surface area contributed by atoms with Crippen LogP contribution < -0.4 is 5.32 Å². The molecule has 0 aliphatic carbocycles. The molecule has 0 radical (unpaired) electrons. The van der Waals surface area contributed by atoms with Crippen LogP contribution in [0, 0.1) is 11.3 Å². The molecule has 7 heteroatoms. The number of nitrogens with zero attached hydrogens (tertiary/aromatic N) is 2. The molecular formula is C21H23N3O3S. The number of carbonyl (C=O) groups is 1. The lowest BCUT2D eigenvalue weighted by Crippen LogP contribution is -2.41. The first kappa shape index (κ1) is 20.1. The highest BCUT2D eigenvalue weighted by molar-refractivity contribution is 7.89. The number of hydrogen-bond acceptors (Lipinski definition) is 4. The second kappa shape index (κ2) is 8.55. The topological polar surface area (TPSA) is 90.3 Å². The number of benzene rings is 2. The number of piperidine rings is 1. The molecule has 146 valence electrons. The van der Waals surface area contributed by atoms with Gasteiger partial charge in [0.05, 0.1) is 17.4 Å². The third-order valence-corrected chi connectivity index (χ3v) is 6.95. The molecule has 2 aromatic rings. The molecule has 1 amide bonds. The number of nitriles is 1. The zero-order chi connectivity index (χ0) is 20.1. The summed E-state index contributed by atoms with van der Waals surface area (Å²) in [5, 5.41) is 11.5. The Balaban J connectivity index is 1.78. The van der Waals surface area contributed by atoms with Crippen molar-refractivity contribution in [2.75, 3.05) is 11.9 Å². The van der Waals surface area contributed by atoms with E-state index in [1.165, 1.54) is 16.4 Å². The highest BCUT2D eigenvalue weighted by Crippen LogP contribution is 2.25. The quantitative estimate of drug-likeness (QED) is 0.835. The van der Waals surface area contributed by atoms with Crippen LogP contribution in [0.5, 0.6) is 0 Å². The van der Waals surface area contributed by atoms with E-state index < -0.39 is 10.0 Å². The highest BCUT2D eigenvalue weighted by atomic mass is 32.2. The first-order chi connectivity index (χ1) is 13.4. The Morgan fingerprint density at radius 3 is 2.64 bits per heavy atom. The van der Waals surface area contributed by atoms with Crippen LogP contribution in [0.3, 0.4) is 0 Å². The zero-order valence-corrected chi connectivity index (χ0v) is 16.6. The summed E-state index contributed by atoms with van der Waals surface area (Å²) in [7, 11) is -3.63. The minimum Gasteiger partial charge on any atom is -0.322 e. The van der Waals surface area contributed by atoms with Crippen LogP contribution in [-0.2, 0) is 16.4 Å². The Morgan fingerprint density at radius 2 is 1.96 bits per heavy atom. The van der Waals surface area contributed by atoms with Crippen LogP contribution >= 0.6 is 0 Å². The Bertz CT molecular complexity index is 994. The molecule has 1 N–H and O–H groups in total. The van der Waals surface area contributed by atoms with Gasteiger partial charge in [-0.2, -0.15) is 9.57 Å². The lowest BCUT2D eigenvalue weighted by molar-refractivity contribution is 0.102. The molecule has 1 saturated heterocycles. The fourth-order valence-corrected chi connectivity index (χ4v) is 5.11. The molecule has 0 spiro atoms. The summed E-state index contributed by atoms with van der Waals surface area (Å²) < 4.78 is 27.5. The van der Waals surface area contributed by atoms with Crippen molar-refractivity contribution >= 4 is 21.6 Å². The molecule has 6 nitrogen and oxygen atoms in total. The summed E-state index contributed by atoms with van der Waals surface area (Å²) in [6.45, 7) is 2.43. The van der Waals surface area contributed by atoms with Gasteiger partial charge in [-0.15, -0.1) is 0 Å². The van der Waals surface area contributed by atoms with Gasteiger partial charge in [0.25, 0.3) is 5.91 Å². The Labute approximate surface area is 165 Å². The summed E-state index contributed by atoms with van der Waals surface area (Å²) in [6, 6.07) is 15.2. The molecule has 0 aromatic heterocycles. The Hall–Kier alpha value is -2.69. The monoisotopic (exact) mass is 397 g/mol. The highest BCUT2D eigenvalue weighted by Gasteiger charge is 2.31. The van der Waals surface area contributed by atoms with E-state index >= 15 is 0 Å². The summed E-state index contributed by atoms with van der Waals surface area (Å²) in [6.07, 6.45) is 3.04. The Kier molecular flexibility index (Phi) is 6.12. The van der Waals surface area contributed by atoms with Crippen LogP contribution in [0.15, 0.2) is 53.4 Å². The number of rotatable bonds is 5. The number of anilines is 1. The average molecular weight is 398 g/mol. The van der Waals surface area contributed by atoms with Crippen LogP contribution in [0.2, 0.25) is 0 Å². The standard InChI is InChI=1S/C21H23N3O3S/c1-16-5-2-3-14-24(16)28(26,27)20-7-4-6-18(15-20)21(25)23-19-10-8-17(9-11-19)12-13-22/h4,6-11,15-16H,2-3,5,12,14H2,1H3,(H,23,25). The van der Waals surface area contributed by atoms with E-state index in [0.717, 1.165) is 24.8 Å². The van der Waals surface area contributed by atoms with Crippen LogP contribution in [0.25, 0.3) is 0 Å². The number of amides is 1. The summed E-state index contributed by atoms with van der Waals surface area (Å²) in [5.74, 6) is -0.378. The lowest BCUT2D eigenvalue weighted by Gasteiger charge is -2.32. The van der Waals surface area contributed by atoms with Crippen molar-refractivity contribution < 1.29 is 13.2 Å². The molecule has 1 aliphatic heterocycles. The first-order valence-electron chi connectivity index (χ1n) is 9.31. The summed E-state index contributed by atoms with van der Waals surface area (Å²) >= 11 is 0. The lowest BCUT2D eigenvalue weighted by atomic mass is 10.1. The third-order valence-electron chi connectivity index (χ3n) is 4.94. The van der Waals surface area contributed by atoms with Gasteiger partial charge in [0.2, 0.25) is 10.0 Å². The maximum absolute atomic E-state index is 13.0. The van der Waals surface area contributed by atoms with Crippen molar-refractivity contribution in [2.24, 2.45) is 0 Å². The molecule has 1 unspecified atom stereocenters. The minimum atomic E-state index is -3.63. The van der Waals surface area contributed by atoms with Crippen molar-refractivity contribution in [3.05, 3.63) is 59.7 Å². The predicted molar refractivity (Wildman–Crippen MR) is 107 cm³/mol. The van der Waals surface area contributed by atoms with Crippen molar-refractivity contribution in [1.82, 2.24) is 4.31 Å². The number of carbonyl (C=O) groups excluding carboxylic acids is 1. The maximum atomic E-state index is 13.0. The van der Waals surface area contributed by atoms with Crippen LogP contribution in [0.4, 0.5) is 5.69 Å². The van der Waals surface area contributed by atoms with Crippen LogP contribution in [-0.4, -0.2) is 31.2 Å². The van der Waals surface area contributed by atoms with Crippen molar-refractivity contribution in [3.8, 4) is 6.07 Å². The van der Waals surface area contributed by atoms with E-state index in [1.54, 1.807) is 36.4 Å². The van der Waals surface area contributed by atoms with Gasteiger partial charge in [-0.25, -0.2) is 8.42 Å². The number of sulfonamides is 1. The van der Waals surface area contributed by atoms with Gasteiger partial charge < -0.3 is 5.32 Å². The van der Waals surface area contributed by atoms with Gasteiger partial charge in [0.1, 0.15) is 0 Å². The van der Waals surface area contributed by atoms with Gasteiger partial charge in [0, 0.05) is 23.8 Å². The van der Waals surface area contributed by atoms with Crippen molar-refractivity contribution in [1.29, 1.82) is 5.26 Å². The first-order valence-corrected chi connectivity index (χ1v) is 10.7. The van der Waals surface area contributed by atoms with E-state index in [9.17, 15) is 13.2 Å². The van der Waals surface area contributed by atoms with E-state index in [4.69, 9.17) is 5.26 Å². The zero-order valence-electron chi connectivity index (χ0n) is 15.8. The molecule has 2 aromatic carbocycles. The fraction of sp³-hybridized carbons (Fsp3) is 0.333. The van der Waals surface area contributed by atoms with Crippen LogP contribution in [0.1, 0.15) is 42.1 Å². The molecule has 1 aliphatic rings. The van der Waals surface area contributed by atoms with Gasteiger partial charge in [-0.3, -0.25) is 4.79 Å². The molecule has 0 bridgehead atoms. The molecule has 1 heterocycles. The molecule has 0 saturated carbocycles. The van der Waals surface area contributed by atoms with Gasteiger partial charge in [-0.05, 0) is 55.7 Å². The van der Waals surface area contributed by atoms with Crippen molar-refractivity contribution in [3.63, 3.8) is 0 Å². The van der Waals surface area contributed by atoms with Gasteiger partial charge >= 0.3 is 0 Å². The third kappa shape index (κ3) is 4.41. The van der Waals surface area contributed by atoms with E-state index in [-0.39, 0.29) is 22.4 Å². The predicted octanol–water partition coefficient (Wildman–Crippen LogP) is 3.57. The second-order valence-corrected chi connectivity index (χ2v) is 8.86.